The number of benzene rings is 2. The molecule has 2 aromatic heterocycles. The van der Waals surface area contributed by atoms with Gasteiger partial charge in [-0.3, -0.25) is 9.36 Å². The van der Waals surface area contributed by atoms with E-state index < -0.39 is 13.6 Å². The molecule has 4 aromatic rings. The first-order valence-corrected chi connectivity index (χ1v) is 13.5. The van der Waals surface area contributed by atoms with Gasteiger partial charge < -0.3 is 24.3 Å². The first kappa shape index (κ1) is 26.3. The van der Waals surface area contributed by atoms with E-state index in [0.29, 0.717) is 30.1 Å². The second kappa shape index (κ2) is 12.0. The zero-order valence-corrected chi connectivity index (χ0v) is 21.5. The number of para-hydroxylation sites is 1. The summed E-state index contributed by atoms with van der Waals surface area (Å²) in [5.74, 6) is 0.591. The Labute approximate surface area is 214 Å². The van der Waals surface area contributed by atoms with Crippen molar-refractivity contribution in [3.8, 4) is 11.6 Å². The molecule has 2 heterocycles. The van der Waals surface area contributed by atoms with Crippen molar-refractivity contribution in [2.45, 2.75) is 33.0 Å². The molecule has 0 aliphatic rings. The summed E-state index contributed by atoms with van der Waals surface area (Å²) in [5.41, 5.74) is 7.86. The summed E-state index contributed by atoms with van der Waals surface area (Å²) < 4.78 is 32.5. The van der Waals surface area contributed by atoms with Crippen LogP contribution < -0.4 is 20.1 Å². The van der Waals surface area contributed by atoms with Crippen molar-refractivity contribution < 1.29 is 23.4 Å². The van der Waals surface area contributed by atoms with Crippen LogP contribution in [0.15, 0.2) is 67.0 Å². The maximum absolute atomic E-state index is 13.5. The van der Waals surface area contributed by atoms with Crippen molar-refractivity contribution >= 4 is 30.4 Å². The summed E-state index contributed by atoms with van der Waals surface area (Å²) in [6, 6.07) is 17.8. The number of carbonyl (C=O) groups excluding carboxylic acids is 1. The van der Waals surface area contributed by atoms with Crippen LogP contribution in [0.3, 0.4) is 0 Å². The minimum absolute atomic E-state index is 0.0569. The molecule has 2 atom stereocenters. The van der Waals surface area contributed by atoms with Crippen LogP contribution in [0.1, 0.15) is 19.4 Å². The fourth-order valence-corrected chi connectivity index (χ4v) is 5.18. The number of anilines is 1. The van der Waals surface area contributed by atoms with Gasteiger partial charge in [0, 0.05) is 6.54 Å². The third-order valence-electron chi connectivity index (χ3n) is 5.40. The number of ether oxygens (including phenoxy) is 2. The topological polar surface area (TPSA) is 143 Å². The molecule has 3 N–H and O–H groups in total. The number of nitrogen functional groups attached to an aromatic ring is 1. The molecule has 2 aromatic carbocycles. The van der Waals surface area contributed by atoms with Crippen LogP contribution in [0, 0.1) is 0 Å². The third kappa shape index (κ3) is 7.13. The summed E-state index contributed by atoms with van der Waals surface area (Å²) in [7, 11) is -3.54. The fourth-order valence-electron chi connectivity index (χ4n) is 3.40. The number of nitrogens with zero attached hydrogens (tertiary/aromatic N) is 4. The van der Waals surface area contributed by atoms with Gasteiger partial charge >= 0.3 is 7.52 Å². The Bertz CT molecular complexity index is 1380. The first-order valence-electron chi connectivity index (χ1n) is 11.7. The van der Waals surface area contributed by atoms with Crippen molar-refractivity contribution in [2.24, 2.45) is 0 Å². The van der Waals surface area contributed by atoms with Crippen molar-refractivity contribution in [1.82, 2.24) is 24.6 Å². The largest absolute Gasteiger partial charge is 0.471 e. The minimum Gasteiger partial charge on any atom is -0.471 e. The standard InChI is InChI=1S/C25H29N6O5P/c1-18(19(2)32)30-37(33,36-21-11-7-4-8-12-21)17-34-14-13-31-16-27-22-23(31)28-25(26)29-24(22)35-15-20-9-5-3-6-10-20/h3-12,16,18H,13-15,17H2,1-2H3,(H,30,33)(H2,26,28,29)/t18-,37?/m0/s1. The van der Waals surface area contributed by atoms with E-state index in [9.17, 15) is 9.36 Å². The monoisotopic (exact) mass is 524 g/mol. The third-order valence-corrected chi connectivity index (χ3v) is 7.21. The lowest BCUT2D eigenvalue weighted by Crippen LogP contribution is -2.32. The second-order valence-electron chi connectivity index (χ2n) is 8.35. The lowest BCUT2D eigenvalue weighted by molar-refractivity contribution is -0.118. The summed E-state index contributed by atoms with van der Waals surface area (Å²) in [5, 5.41) is 2.79. The van der Waals surface area contributed by atoms with Crippen LogP contribution in [0.25, 0.3) is 11.2 Å². The maximum Gasteiger partial charge on any atom is 0.342 e. The number of nitrogens with two attached hydrogens (primary N) is 1. The predicted octanol–water partition coefficient (Wildman–Crippen LogP) is 3.80. The molecular formula is C25H29N6O5P. The van der Waals surface area contributed by atoms with Crippen LogP contribution in [-0.4, -0.2) is 44.3 Å². The lowest BCUT2D eigenvalue weighted by Gasteiger charge is -2.23. The van der Waals surface area contributed by atoms with Crippen LogP contribution in [0.5, 0.6) is 11.6 Å². The van der Waals surface area contributed by atoms with E-state index in [0.717, 1.165) is 5.56 Å². The van der Waals surface area contributed by atoms with E-state index in [1.807, 2.05) is 36.4 Å². The van der Waals surface area contributed by atoms with Gasteiger partial charge in [-0.25, -0.2) is 10.1 Å². The van der Waals surface area contributed by atoms with Crippen molar-refractivity contribution in [2.75, 3.05) is 18.7 Å². The molecular weight excluding hydrogens is 495 g/mol. The molecule has 194 valence electrons. The number of hydrogen-bond acceptors (Lipinski definition) is 9. The average Bonchev–Trinajstić information content (AvgIpc) is 3.29. The Hall–Kier alpha value is -3.79. The quantitative estimate of drug-likeness (QED) is 0.196. The normalized spacial score (nSPS) is 13.7. The molecule has 37 heavy (non-hydrogen) atoms. The average molecular weight is 525 g/mol. The number of Topliss-reactive ketones (excluding diaryl/α,β-unsaturated/α-hetero) is 1. The zero-order chi connectivity index (χ0) is 26.3. The van der Waals surface area contributed by atoms with Gasteiger partial charge in [-0.2, -0.15) is 9.97 Å². The van der Waals surface area contributed by atoms with Crippen LogP contribution in [0.2, 0.25) is 0 Å². The van der Waals surface area contributed by atoms with E-state index in [2.05, 4.69) is 20.0 Å². The summed E-state index contributed by atoms with van der Waals surface area (Å²) in [6.45, 7) is 3.88. The Kier molecular flexibility index (Phi) is 8.50. The molecule has 0 aliphatic carbocycles. The molecule has 0 bridgehead atoms. The Morgan fingerprint density at radius 1 is 1.11 bits per heavy atom. The van der Waals surface area contributed by atoms with E-state index in [4.69, 9.17) is 19.7 Å². The van der Waals surface area contributed by atoms with Gasteiger partial charge in [0.25, 0.3) is 0 Å². The lowest BCUT2D eigenvalue weighted by atomic mass is 10.2. The summed E-state index contributed by atoms with van der Waals surface area (Å²) >= 11 is 0. The molecule has 1 unspecified atom stereocenters. The highest BCUT2D eigenvalue weighted by molar-refractivity contribution is 7.57. The molecule has 12 heteroatoms. The molecule has 0 amide bonds. The molecule has 0 fully saturated rings. The Morgan fingerprint density at radius 3 is 2.51 bits per heavy atom. The first-order chi connectivity index (χ1) is 17.8. The SMILES string of the molecule is CC(=O)[C@H](C)NP(=O)(COCCn1cnc2c(OCc3ccccc3)nc(N)nc21)Oc1ccccc1. The van der Waals surface area contributed by atoms with Crippen LogP contribution in [0.4, 0.5) is 5.95 Å². The molecule has 0 radical (unpaired) electrons. The number of imidazole rings is 1. The van der Waals surface area contributed by atoms with Crippen LogP contribution >= 0.6 is 7.52 Å². The fraction of sp³-hybridized carbons (Fsp3) is 0.280. The number of nitrogens with one attached hydrogen (secondary N) is 1. The van der Waals surface area contributed by atoms with Crippen LogP contribution in [-0.2, 0) is 27.2 Å². The van der Waals surface area contributed by atoms with E-state index in [1.54, 1.807) is 42.1 Å². The molecule has 0 aliphatic heterocycles. The molecule has 11 nitrogen and oxygen atoms in total. The zero-order valence-electron chi connectivity index (χ0n) is 20.6. The minimum atomic E-state index is -3.54. The number of aromatic nitrogens is 4. The number of rotatable bonds is 13. The second-order valence-corrected chi connectivity index (χ2v) is 10.4. The van der Waals surface area contributed by atoms with E-state index in [1.165, 1.54) is 6.92 Å². The van der Waals surface area contributed by atoms with Gasteiger partial charge in [-0.1, -0.05) is 48.5 Å². The van der Waals surface area contributed by atoms with Crippen molar-refractivity contribution in [3.05, 3.63) is 72.6 Å². The molecule has 0 saturated heterocycles. The van der Waals surface area contributed by atoms with Gasteiger partial charge in [0.05, 0.1) is 19.0 Å². The Balaban J connectivity index is 1.41. The van der Waals surface area contributed by atoms with Gasteiger partial charge in [0.1, 0.15) is 24.5 Å². The van der Waals surface area contributed by atoms with Gasteiger partial charge in [-0.05, 0) is 31.5 Å². The van der Waals surface area contributed by atoms with Gasteiger partial charge in [-0.15, -0.1) is 0 Å². The highest BCUT2D eigenvalue weighted by atomic mass is 31.2. The number of ketones is 1. The van der Waals surface area contributed by atoms with Crippen molar-refractivity contribution in [3.63, 3.8) is 0 Å². The summed E-state index contributed by atoms with van der Waals surface area (Å²) in [6.07, 6.45) is 1.35. The smallest absolute Gasteiger partial charge is 0.342 e. The van der Waals surface area contributed by atoms with Gasteiger partial charge in [0.2, 0.25) is 11.8 Å². The predicted molar refractivity (Wildman–Crippen MR) is 139 cm³/mol. The highest BCUT2D eigenvalue weighted by Gasteiger charge is 2.29. The molecule has 0 saturated carbocycles. The van der Waals surface area contributed by atoms with Gasteiger partial charge in [0.15, 0.2) is 11.2 Å². The van der Waals surface area contributed by atoms with E-state index in [-0.39, 0.29) is 30.6 Å². The number of hydrogen-bond donors (Lipinski definition) is 2. The maximum atomic E-state index is 13.5. The number of carbonyl (C=O) groups is 1. The number of fused-ring (bicyclic) bond motifs is 1. The molecule has 4 rings (SSSR count). The Morgan fingerprint density at radius 2 is 1.81 bits per heavy atom. The molecule has 0 spiro atoms. The highest BCUT2D eigenvalue weighted by Crippen LogP contribution is 2.43. The van der Waals surface area contributed by atoms with Crippen molar-refractivity contribution in [1.29, 1.82) is 0 Å². The summed E-state index contributed by atoms with van der Waals surface area (Å²) in [4.78, 5) is 24.6. The van der Waals surface area contributed by atoms with E-state index >= 15 is 0 Å².